The van der Waals surface area contributed by atoms with Gasteiger partial charge in [-0.05, 0) is 0 Å². The van der Waals surface area contributed by atoms with Crippen LogP contribution in [0.2, 0.25) is 0 Å². The molecule has 0 fully saturated rings. The molecule has 0 atom stereocenters. The van der Waals surface area contributed by atoms with E-state index < -0.39 is 31.0 Å². The van der Waals surface area contributed by atoms with Crippen LogP contribution in [0.25, 0.3) is 0 Å². The number of hydrogen-bond donors (Lipinski definition) is 0. The standard InChI is InChI=1S/C8H10F5N3O2/c1-15-5-14-16(6(15)17)2-3-18-4-7(9,10)8(11,12)13/h5H,2-4H2,1H3. The van der Waals surface area contributed by atoms with E-state index in [1.807, 2.05) is 0 Å². The van der Waals surface area contributed by atoms with Crippen molar-refractivity contribution in [3.05, 3.63) is 16.8 Å². The van der Waals surface area contributed by atoms with Gasteiger partial charge in [0.15, 0.2) is 0 Å². The van der Waals surface area contributed by atoms with Crippen molar-refractivity contribution in [2.75, 3.05) is 13.2 Å². The van der Waals surface area contributed by atoms with E-state index in [1.54, 1.807) is 0 Å². The van der Waals surface area contributed by atoms with Gasteiger partial charge in [-0.15, -0.1) is 0 Å². The zero-order chi connectivity index (χ0) is 14.0. The molecule has 1 rings (SSSR count). The second-order valence-corrected chi connectivity index (χ2v) is 3.50. The summed E-state index contributed by atoms with van der Waals surface area (Å²) in [4.78, 5) is 11.2. The maximum Gasteiger partial charge on any atom is 0.455 e. The minimum atomic E-state index is -5.64. The highest BCUT2D eigenvalue weighted by Gasteiger charge is 2.57. The topological polar surface area (TPSA) is 49.0 Å². The summed E-state index contributed by atoms with van der Waals surface area (Å²) in [5.74, 6) is -4.90. The molecule has 0 bridgehead atoms. The van der Waals surface area contributed by atoms with Crippen LogP contribution in [-0.2, 0) is 18.3 Å². The summed E-state index contributed by atoms with van der Waals surface area (Å²) in [6, 6.07) is 0. The number of hydrogen-bond acceptors (Lipinski definition) is 3. The van der Waals surface area contributed by atoms with Gasteiger partial charge in [-0.25, -0.2) is 9.48 Å². The molecule has 18 heavy (non-hydrogen) atoms. The summed E-state index contributed by atoms with van der Waals surface area (Å²) in [5, 5.41) is 3.58. The van der Waals surface area contributed by atoms with Crippen molar-refractivity contribution < 1.29 is 26.7 Å². The Hall–Kier alpha value is -1.45. The molecule has 0 saturated carbocycles. The fraction of sp³-hybridized carbons (Fsp3) is 0.750. The van der Waals surface area contributed by atoms with Gasteiger partial charge >= 0.3 is 17.8 Å². The molecule has 0 aliphatic heterocycles. The Labute approximate surface area is 97.8 Å². The van der Waals surface area contributed by atoms with Gasteiger partial charge in [0, 0.05) is 7.05 Å². The lowest BCUT2D eigenvalue weighted by Crippen LogP contribution is -2.41. The fourth-order valence-electron chi connectivity index (χ4n) is 1.01. The second-order valence-electron chi connectivity index (χ2n) is 3.50. The quantitative estimate of drug-likeness (QED) is 0.590. The fourth-order valence-corrected chi connectivity index (χ4v) is 1.01. The SMILES string of the molecule is Cn1cnn(CCOCC(F)(F)C(F)(F)F)c1=O. The van der Waals surface area contributed by atoms with Gasteiger partial charge in [0.1, 0.15) is 12.9 Å². The van der Waals surface area contributed by atoms with Crippen molar-refractivity contribution in [3.63, 3.8) is 0 Å². The number of aryl methyl sites for hydroxylation is 1. The summed E-state index contributed by atoms with van der Waals surface area (Å²) in [7, 11) is 1.42. The van der Waals surface area contributed by atoms with Crippen molar-refractivity contribution in [3.8, 4) is 0 Å². The van der Waals surface area contributed by atoms with E-state index >= 15 is 0 Å². The predicted molar refractivity (Wildman–Crippen MR) is 49.3 cm³/mol. The molecule has 0 saturated heterocycles. The van der Waals surface area contributed by atoms with Crippen molar-refractivity contribution in [2.45, 2.75) is 18.6 Å². The van der Waals surface area contributed by atoms with Crippen LogP contribution in [0.15, 0.2) is 11.1 Å². The Morgan fingerprint density at radius 2 is 1.94 bits per heavy atom. The molecular formula is C8H10F5N3O2. The minimum absolute atomic E-state index is 0.201. The Balaban J connectivity index is 2.40. The molecule has 1 aromatic rings. The molecule has 0 radical (unpaired) electrons. The minimum Gasteiger partial charge on any atom is -0.373 e. The summed E-state index contributed by atoms with van der Waals surface area (Å²) >= 11 is 0. The monoisotopic (exact) mass is 275 g/mol. The van der Waals surface area contributed by atoms with E-state index in [2.05, 4.69) is 9.84 Å². The van der Waals surface area contributed by atoms with Gasteiger partial charge in [0.25, 0.3) is 0 Å². The van der Waals surface area contributed by atoms with Gasteiger partial charge in [0.2, 0.25) is 0 Å². The number of alkyl halides is 5. The first-order valence-corrected chi connectivity index (χ1v) is 4.76. The molecule has 104 valence electrons. The molecule has 0 spiro atoms. The molecule has 0 aliphatic carbocycles. The maximum absolute atomic E-state index is 12.4. The highest BCUT2D eigenvalue weighted by atomic mass is 19.4. The van der Waals surface area contributed by atoms with Crippen molar-refractivity contribution in [2.24, 2.45) is 7.05 Å². The van der Waals surface area contributed by atoms with Gasteiger partial charge < -0.3 is 4.74 Å². The average molecular weight is 275 g/mol. The first-order valence-electron chi connectivity index (χ1n) is 4.76. The molecule has 0 unspecified atom stereocenters. The number of aromatic nitrogens is 3. The maximum atomic E-state index is 12.4. The van der Waals surface area contributed by atoms with Gasteiger partial charge in [-0.2, -0.15) is 27.1 Å². The van der Waals surface area contributed by atoms with Gasteiger partial charge in [-0.3, -0.25) is 4.57 Å². The van der Waals surface area contributed by atoms with E-state index in [4.69, 9.17) is 0 Å². The Kier molecular flexibility index (Phi) is 4.09. The van der Waals surface area contributed by atoms with Gasteiger partial charge in [-0.1, -0.05) is 0 Å². The van der Waals surface area contributed by atoms with E-state index in [9.17, 15) is 26.7 Å². The Bertz CT molecular complexity index is 450. The van der Waals surface area contributed by atoms with E-state index in [-0.39, 0.29) is 6.54 Å². The first-order chi connectivity index (χ1) is 8.15. The largest absolute Gasteiger partial charge is 0.455 e. The molecule has 1 aromatic heterocycles. The van der Waals surface area contributed by atoms with E-state index in [1.165, 1.54) is 13.4 Å². The second kappa shape index (κ2) is 5.04. The molecule has 10 heteroatoms. The zero-order valence-electron chi connectivity index (χ0n) is 9.25. The van der Waals surface area contributed by atoms with Crippen LogP contribution in [0.4, 0.5) is 22.0 Å². The van der Waals surface area contributed by atoms with Crippen LogP contribution in [0.5, 0.6) is 0 Å². The number of nitrogens with zero attached hydrogens (tertiary/aromatic N) is 3. The molecule has 5 nitrogen and oxygen atoms in total. The third kappa shape index (κ3) is 3.28. The smallest absolute Gasteiger partial charge is 0.373 e. The van der Waals surface area contributed by atoms with E-state index in [0.717, 1.165) is 9.25 Å². The molecule has 1 heterocycles. The lowest BCUT2D eigenvalue weighted by atomic mass is 10.3. The van der Waals surface area contributed by atoms with E-state index in [0.29, 0.717) is 0 Å². The molecule has 0 N–H and O–H groups in total. The lowest BCUT2D eigenvalue weighted by molar-refractivity contribution is -0.296. The van der Waals surface area contributed by atoms with Crippen molar-refractivity contribution >= 4 is 0 Å². The number of halogens is 5. The summed E-state index contributed by atoms with van der Waals surface area (Å²) in [6.45, 7) is -2.45. The highest BCUT2D eigenvalue weighted by molar-refractivity contribution is 4.74. The van der Waals surface area contributed by atoms with Gasteiger partial charge in [0.05, 0.1) is 13.2 Å². The first kappa shape index (κ1) is 14.6. The van der Waals surface area contributed by atoms with Crippen LogP contribution in [-0.4, -0.2) is 39.7 Å². The van der Waals surface area contributed by atoms with Crippen LogP contribution in [0.3, 0.4) is 0 Å². The average Bonchev–Trinajstić information content (AvgIpc) is 2.54. The van der Waals surface area contributed by atoms with Crippen LogP contribution in [0, 0.1) is 0 Å². The zero-order valence-corrected chi connectivity index (χ0v) is 9.25. The van der Waals surface area contributed by atoms with Crippen LogP contribution in [0.1, 0.15) is 0 Å². The lowest BCUT2D eigenvalue weighted by Gasteiger charge is -2.19. The third-order valence-corrected chi connectivity index (χ3v) is 2.03. The molecule has 0 aliphatic rings. The Morgan fingerprint density at radius 1 is 1.33 bits per heavy atom. The third-order valence-electron chi connectivity index (χ3n) is 2.03. The normalized spacial score (nSPS) is 13.0. The molecule has 0 amide bonds. The summed E-state index contributed by atoms with van der Waals surface area (Å²) in [6.07, 6.45) is -4.46. The number of ether oxygens (including phenoxy) is 1. The summed E-state index contributed by atoms with van der Waals surface area (Å²) < 4.78 is 66.3. The van der Waals surface area contributed by atoms with Crippen LogP contribution < -0.4 is 5.69 Å². The summed E-state index contributed by atoms with van der Waals surface area (Å²) in [5.41, 5.74) is -0.513. The predicted octanol–water partition coefficient (Wildman–Crippen LogP) is 0.796. The number of rotatable bonds is 5. The Morgan fingerprint density at radius 3 is 2.39 bits per heavy atom. The molecule has 0 aromatic carbocycles. The molecular weight excluding hydrogens is 265 g/mol. The van der Waals surface area contributed by atoms with Crippen molar-refractivity contribution in [1.29, 1.82) is 0 Å². The van der Waals surface area contributed by atoms with Crippen molar-refractivity contribution in [1.82, 2.24) is 14.3 Å². The van der Waals surface area contributed by atoms with Crippen LogP contribution >= 0.6 is 0 Å². The highest BCUT2D eigenvalue weighted by Crippen LogP contribution is 2.35.